The van der Waals surface area contributed by atoms with Crippen molar-refractivity contribution < 1.29 is 0 Å². The van der Waals surface area contributed by atoms with Gasteiger partial charge in [-0.05, 0) is 37.4 Å². The lowest BCUT2D eigenvalue weighted by molar-refractivity contribution is 0.217. The molecule has 0 bridgehead atoms. The Labute approximate surface area is 124 Å². The van der Waals surface area contributed by atoms with E-state index in [1.165, 1.54) is 37.2 Å². The number of thiophene rings is 1. The lowest BCUT2D eigenvalue weighted by Crippen LogP contribution is -2.33. The molecule has 0 aliphatic carbocycles. The second-order valence-electron chi connectivity index (χ2n) is 5.66. The van der Waals surface area contributed by atoms with Crippen molar-refractivity contribution in [2.24, 2.45) is 0 Å². The van der Waals surface area contributed by atoms with Gasteiger partial charge in [-0.15, -0.1) is 11.3 Å². The maximum absolute atomic E-state index is 4.66. The summed E-state index contributed by atoms with van der Waals surface area (Å²) in [7, 11) is 0. The van der Waals surface area contributed by atoms with E-state index in [1.54, 1.807) is 11.3 Å². The van der Waals surface area contributed by atoms with Gasteiger partial charge in [-0.3, -0.25) is 5.10 Å². The molecule has 1 aliphatic rings. The molecule has 1 aliphatic heterocycles. The third-order valence-electron chi connectivity index (χ3n) is 3.89. The molecule has 0 aromatic carbocycles. The summed E-state index contributed by atoms with van der Waals surface area (Å²) in [4.78, 5) is 8.54. The molecule has 0 radical (unpaired) electrons. The van der Waals surface area contributed by atoms with Gasteiger partial charge >= 0.3 is 0 Å². The molecule has 2 aromatic rings. The molecule has 20 heavy (non-hydrogen) atoms. The molecule has 1 atom stereocenters. The Morgan fingerprint density at radius 3 is 2.95 bits per heavy atom. The van der Waals surface area contributed by atoms with Crippen molar-refractivity contribution in [3.63, 3.8) is 0 Å². The molecule has 3 heterocycles. The van der Waals surface area contributed by atoms with E-state index in [0.29, 0.717) is 5.92 Å². The van der Waals surface area contributed by atoms with Crippen molar-refractivity contribution in [2.75, 3.05) is 19.6 Å². The number of nitrogens with zero attached hydrogens (tertiary/aromatic N) is 3. The first kappa shape index (κ1) is 13.8. The summed E-state index contributed by atoms with van der Waals surface area (Å²) in [6.45, 7) is 5.77. The summed E-state index contributed by atoms with van der Waals surface area (Å²) in [6.07, 6.45) is 4.92. The summed E-state index contributed by atoms with van der Waals surface area (Å²) >= 11 is 1.77. The molecule has 5 heteroatoms. The predicted octanol–water partition coefficient (Wildman–Crippen LogP) is 3.05. The van der Waals surface area contributed by atoms with Crippen LogP contribution in [0.25, 0.3) is 0 Å². The van der Waals surface area contributed by atoms with Gasteiger partial charge in [0.05, 0.1) is 0 Å². The zero-order chi connectivity index (χ0) is 13.8. The van der Waals surface area contributed by atoms with Gasteiger partial charge in [-0.2, -0.15) is 5.10 Å². The van der Waals surface area contributed by atoms with Gasteiger partial charge in [0, 0.05) is 23.8 Å². The van der Waals surface area contributed by atoms with Crippen molar-refractivity contribution in [2.45, 2.75) is 38.5 Å². The summed E-state index contributed by atoms with van der Waals surface area (Å²) in [5.41, 5.74) is 0. The monoisotopic (exact) mass is 290 g/mol. The van der Waals surface area contributed by atoms with Crippen LogP contribution in [0.5, 0.6) is 0 Å². The molecular formula is C15H22N4S. The van der Waals surface area contributed by atoms with Gasteiger partial charge in [-0.1, -0.05) is 19.4 Å². The molecule has 0 amide bonds. The standard InChI is InChI=1S/C15H22N4S/c1-12(11-19-7-3-2-4-8-19)15-16-14(17-18-15)10-13-6-5-9-20-13/h5-6,9,12H,2-4,7-8,10-11H2,1H3,(H,16,17,18). The summed E-state index contributed by atoms with van der Waals surface area (Å²) in [6, 6.07) is 4.22. The molecule has 1 unspecified atom stereocenters. The molecule has 1 fully saturated rings. The van der Waals surface area contributed by atoms with E-state index >= 15 is 0 Å². The van der Waals surface area contributed by atoms with Gasteiger partial charge in [0.25, 0.3) is 0 Å². The van der Waals surface area contributed by atoms with Crippen LogP contribution in [0.2, 0.25) is 0 Å². The van der Waals surface area contributed by atoms with Crippen LogP contribution in [0, 0.1) is 0 Å². The van der Waals surface area contributed by atoms with Gasteiger partial charge in [-0.25, -0.2) is 4.98 Å². The minimum atomic E-state index is 0.404. The number of likely N-dealkylation sites (tertiary alicyclic amines) is 1. The number of aromatic nitrogens is 3. The van der Waals surface area contributed by atoms with Crippen LogP contribution in [0.3, 0.4) is 0 Å². The van der Waals surface area contributed by atoms with E-state index in [1.807, 2.05) is 0 Å². The van der Waals surface area contributed by atoms with Crippen LogP contribution in [0.15, 0.2) is 17.5 Å². The number of H-pyrrole nitrogens is 1. The second-order valence-corrected chi connectivity index (χ2v) is 6.69. The van der Waals surface area contributed by atoms with Gasteiger partial charge in [0.15, 0.2) is 5.82 Å². The van der Waals surface area contributed by atoms with Crippen LogP contribution < -0.4 is 0 Å². The first-order chi connectivity index (χ1) is 9.81. The Morgan fingerprint density at radius 1 is 1.35 bits per heavy atom. The van der Waals surface area contributed by atoms with Crippen LogP contribution in [0.1, 0.15) is 48.6 Å². The fourth-order valence-electron chi connectivity index (χ4n) is 2.80. The van der Waals surface area contributed by atoms with E-state index in [4.69, 9.17) is 0 Å². The molecule has 2 aromatic heterocycles. The highest BCUT2D eigenvalue weighted by Gasteiger charge is 2.17. The Hall–Kier alpha value is -1.20. The third kappa shape index (κ3) is 3.46. The molecule has 0 spiro atoms. The van der Waals surface area contributed by atoms with Gasteiger partial charge in [0.1, 0.15) is 5.82 Å². The zero-order valence-electron chi connectivity index (χ0n) is 12.0. The average molecular weight is 290 g/mol. The quantitative estimate of drug-likeness (QED) is 0.920. The normalized spacial score (nSPS) is 18.2. The third-order valence-corrected chi connectivity index (χ3v) is 4.77. The number of piperidine rings is 1. The Kier molecular flexibility index (Phi) is 4.47. The van der Waals surface area contributed by atoms with Crippen LogP contribution >= 0.6 is 11.3 Å². The van der Waals surface area contributed by atoms with E-state index in [-0.39, 0.29) is 0 Å². The summed E-state index contributed by atoms with van der Waals surface area (Å²) < 4.78 is 0. The van der Waals surface area contributed by atoms with E-state index < -0.39 is 0 Å². The summed E-state index contributed by atoms with van der Waals surface area (Å²) in [5, 5.41) is 9.60. The fourth-order valence-corrected chi connectivity index (χ4v) is 3.51. The van der Waals surface area contributed by atoms with Crippen LogP contribution in [0.4, 0.5) is 0 Å². The lowest BCUT2D eigenvalue weighted by Gasteiger charge is -2.28. The fraction of sp³-hybridized carbons (Fsp3) is 0.600. The van der Waals surface area contributed by atoms with Crippen LogP contribution in [-0.2, 0) is 6.42 Å². The first-order valence-corrected chi connectivity index (χ1v) is 8.35. The maximum atomic E-state index is 4.66. The Balaban J connectivity index is 1.57. The molecular weight excluding hydrogens is 268 g/mol. The number of nitrogens with one attached hydrogen (secondary N) is 1. The van der Waals surface area contributed by atoms with Gasteiger partial charge < -0.3 is 4.90 Å². The lowest BCUT2D eigenvalue weighted by atomic mass is 10.1. The SMILES string of the molecule is CC(CN1CCCCC1)c1n[nH]c(Cc2cccs2)n1. The van der Waals surface area contributed by atoms with E-state index in [2.05, 4.69) is 44.5 Å². The zero-order valence-corrected chi connectivity index (χ0v) is 12.8. The smallest absolute Gasteiger partial charge is 0.154 e. The Bertz CT molecular complexity index is 514. The average Bonchev–Trinajstić information content (AvgIpc) is 3.12. The van der Waals surface area contributed by atoms with Gasteiger partial charge in [0.2, 0.25) is 0 Å². The second kappa shape index (κ2) is 6.50. The number of hydrogen-bond acceptors (Lipinski definition) is 4. The molecule has 108 valence electrons. The number of hydrogen-bond donors (Lipinski definition) is 1. The van der Waals surface area contributed by atoms with Crippen molar-refractivity contribution in [3.05, 3.63) is 34.0 Å². The van der Waals surface area contributed by atoms with Crippen molar-refractivity contribution >= 4 is 11.3 Å². The number of aromatic amines is 1. The Morgan fingerprint density at radius 2 is 2.20 bits per heavy atom. The first-order valence-electron chi connectivity index (χ1n) is 7.47. The molecule has 4 nitrogen and oxygen atoms in total. The van der Waals surface area contributed by atoms with E-state index in [0.717, 1.165) is 24.6 Å². The number of rotatable bonds is 5. The van der Waals surface area contributed by atoms with Crippen molar-refractivity contribution in [3.8, 4) is 0 Å². The minimum absolute atomic E-state index is 0.404. The van der Waals surface area contributed by atoms with Crippen molar-refractivity contribution in [1.29, 1.82) is 0 Å². The molecule has 1 N–H and O–H groups in total. The van der Waals surface area contributed by atoms with Crippen molar-refractivity contribution in [1.82, 2.24) is 20.1 Å². The largest absolute Gasteiger partial charge is 0.303 e. The highest BCUT2D eigenvalue weighted by molar-refractivity contribution is 7.09. The maximum Gasteiger partial charge on any atom is 0.154 e. The van der Waals surface area contributed by atoms with E-state index in [9.17, 15) is 0 Å². The summed E-state index contributed by atoms with van der Waals surface area (Å²) in [5.74, 6) is 2.34. The molecule has 0 saturated carbocycles. The highest BCUT2D eigenvalue weighted by Crippen LogP contribution is 2.18. The highest BCUT2D eigenvalue weighted by atomic mass is 32.1. The minimum Gasteiger partial charge on any atom is -0.303 e. The topological polar surface area (TPSA) is 44.8 Å². The molecule has 1 saturated heterocycles. The molecule has 3 rings (SSSR count). The predicted molar refractivity (Wildman–Crippen MR) is 82.2 cm³/mol. The van der Waals surface area contributed by atoms with Crippen LogP contribution in [-0.4, -0.2) is 39.7 Å².